The third-order valence-corrected chi connectivity index (χ3v) is 4.85. The van der Waals surface area contributed by atoms with Crippen molar-refractivity contribution in [3.05, 3.63) is 71.8 Å². The van der Waals surface area contributed by atoms with Crippen LogP contribution in [-0.2, 0) is 11.2 Å². The molecule has 0 fully saturated rings. The molecule has 0 bridgehead atoms. The first-order valence-corrected chi connectivity index (χ1v) is 8.83. The van der Waals surface area contributed by atoms with E-state index in [0.29, 0.717) is 11.3 Å². The number of nitrogens with one attached hydrogen (secondary N) is 1. The van der Waals surface area contributed by atoms with Gasteiger partial charge in [-0.05, 0) is 53.4 Å². The van der Waals surface area contributed by atoms with Crippen molar-refractivity contribution in [2.24, 2.45) is 0 Å². The number of anilines is 2. The molecule has 130 valence electrons. The minimum absolute atomic E-state index is 0.0314. The zero-order valence-electron chi connectivity index (χ0n) is 14.7. The fourth-order valence-corrected chi connectivity index (χ4v) is 3.51. The highest BCUT2D eigenvalue weighted by Crippen LogP contribution is 2.30. The van der Waals surface area contributed by atoms with E-state index < -0.39 is 0 Å². The summed E-state index contributed by atoms with van der Waals surface area (Å²) >= 11 is 0. The quantitative estimate of drug-likeness (QED) is 0.749. The van der Waals surface area contributed by atoms with Gasteiger partial charge in [0.25, 0.3) is 5.91 Å². The lowest BCUT2D eigenvalue weighted by Crippen LogP contribution is -2.33. The topological polar surface area (TPSA) is 49.4 Å². The molecule has 1 N–H and O–H groups in total. The van der Waals surface area contributed by atoms with Crippen molar-refractivity contribution in [1.29, 1.82) is 0 Å². The van der Waals surface area contributed by atoms with Gasteiger partial charge in [0.1, 0.15) is 0 Å². The number of hydrogen-bond donors (Lipinski definition) is 1. The molecule has 4 rings (SSSR count). The second-order valence-electron chi connectivity index (χ2n) is 6.63. The Morgan fingerprint density at radius 1 is 0.962 bits per heavy atom. The van der Waals surface area contributed by atoms with Gasteiger partial charge in [0.05, 0.1) is 0 Å². The second kappa shape index (κ2) is 6.64. The monoisotopic (exact) mass is 344 g/mol. The summed E-state index contributed by atoms with van der Waals surface area (Å²) in [7, 11) is 0. The average Bonchev–Trinajstić information content (AvgIpc) is 2.67. The van der Waals surface area contributed by atoms with Crippen LogP contribution in [0.1, 0.15) is 29.3 Å². The van der Waals surface area contributed by atoms with Crippen molar-refractivity contribution in [2.45, 2.75) is 19.8 Å². The van der Waals surface area contributed by atoms with E-state index in [1.165, 1.54) is 0 Å². The van der Waals surface area contributed by atoms with Crippen molar-refractivity contribution in [3.8, 4) is 0 Å². The van der Waals surface area contributed by atoms with Crippen molar-refractivity contribution in [2.75, 3.05) is 16.8 Å². The zero-order valence-corrected chi connectivity index (χ0v) is 14.7. The van der Waals surface area contributed by atoms with Crippen LogP contribution in [-0.4, -0.2) is 18.4 Å². The number of rotatable bonds is 2. The Bertz CT molecular complexity index is 1010. The summed E-state index contributed by atoms with van der Waals surface area (Å²) in [6.07, 6.45) is 1.92. The van der Waals surface area contributed by atoms with E-state index in [9.17, 15) is 9.59 Å². The fraction of sp³-hybridized carbons (Fsp3) is 0.182. The zero-order chi connectivity index (χ0) is 18.1. The van der Waals surface area contributed by atoms with Crippen molar-refractivity contribution in [3.63, 3.8) is 0 Å². The molecule has 0 radical (unpaired) electrons. The molecule has 1 aliphatic rings. The number of carbonyl (C=O) groups excluding carboxylic acids is 2. The van der Waals surface area contributed by atoms with Crippen molar-refractivity contribution >= 4 is 34.0 Å². The number of nitrogens with zero attached hydrogens (tertiary/aromatic N) is 1. The SMILES string of the molecule is CC(=O)N1CCCc2ccc(NC(=O)c3ccc4ccccc4c3)cc21. The fourth-order valence-electron chi connectivity index (χ4n) is 3.51. The number of carbonyl (C=O) groups is 2. The molecule has 0 spiro atoms. The summed E-state index contributed by atoms with van der Waals surface area (Å²) in [6.45, 7) is 2.31. The molecule has 0 aliphatic carbocycles. The van der Waals surface area contributed by atoms with Gasteiger partial charge < -0.3 is 10.2 Å². The van der Waals surface area contributed by atoms with E-state index in [4.69, 9.17) is 0 Å². The molecule has 4 nitrogen and oxygen atoms in total. The third-order valence-electron chi connectivity index (χ3n) is 4.85. The van der Waals surface area contributed by atoms with Gasteiger partial charge in [-0.3, -0.25) is 9.59 Å². The molecule has 0 atom stereocenters. The molecule has 0 unspecified atom stereocenters. The summed E-state index contributed by atoms with van der Waals surface area (Å²) in [5, 5.41) is 5.10. The predicted octanol–water partition coefficient (Wildman–Crippen LogP) is 4.39. The Morgan fingerprint density at radius 2 is 1.77 bits per heavy atom. The molecule has 4 heteroatoms. The normalized spacial score (nSPS) is 13.3. The first-order chi connectivity index (χ1) is 12.6. The number of hydrogen-bond acceptors (Lipinski definition) is 2. The average molecular weight is 344 g/mol. The maximum absolute atomic E-state index is 12.6. The minimum Gasteiger partial charge on any atom is -0.322 e. The Hall–Kier alpha value is -3.14. The molecule has 0 saturated heterocycles. The number of aryl methyl sites for hydroxylation is 1. The Balaban J connectivity index is 1.61. The molecule has 26 heavy (non-hydrogen) atoms. The summed E-state index contributed by atoms with van der Waals surface area (Å²) < 4.78 is 0. The second-order valence-corrected chi connectivity index (χ2v) is 6.63. The van der Waals surface area contributed by atoms with Crippen LogP contribution in [0, 0.1) is 0 Å². The highest BCUT2D eigenvalue weighted by atomic mass is 16.2. The van der Waals surface area contributed by atoms with Crippen LogP contribution in [0.25, 0.3) is 10.8 Å². The summed E-state index contributed by atoms with van der Waals surface area (Å²) in [5.41, 5.74) is 3.37. The maximum Gasteiger partial charge on any atom is 0.255 e. The van der Waals surface area contributed by atoms with Gasteiger partial charge in [-0.25, -0.2) is 0 Å². The van der Waals surface area contributed by atoms with Crippen LogP contribution in [0.3, 0.4) is 0 Å². The van der Waals surface area contributed by atoms with E-state index in [1.54, 1.807) is 11.8 Å². The van der Waals surface area contributed by atoms with Gasteiger partial charge in [0.15, 0.2) is 0 Å². The van der Waals surface area contributed by atoms with Gasteiger partial charge >= 0.3 is 0 Å². The smallest absolute Gasteiger partial charge is 0.255 e. The van der Waals surface area contributed by atoms with Crippen LogP contribution >= 0.6 is 0 Å². The van der Waals surface area contributed by atoms with E-state index in [2.05, 4.69) is 5.32 Å². The van der Waals surface area contributed by atoms with Crippen LogP contribution < -0.4 is 10.2 Å². The lowest BCUT2D eigenvalue weighted by molar-refractivity contribution is -0.116. The molecule has 0 saturated carbocycles. The molecule has 3 aromatic rings. The predicted molar refractivity (Wildman–Crippen MR) is 105 cm³/mol. The van der Waals surface area contributed by atoms with Crippen LogP contribution in [0.15, 0.2) is 60.7 Å². The molecular weight excluding hydrogens is 324 g/mol. The maximum atomic E-state index is 12.6. The van der Waals surface area contributed by atoms with E-state index in [-0.39, 0.29) is 11.8 Å². The number of amides is 2. The first-order valence-electron chi connectivity index (χ1n) is 8.83. The van der Waals surface area contributed by atoms with Crippen LogP contribution in [0.2, 0.25) is 0 Å². The molecule has 3 aromatic carbocycles. The summed E-state index contributed by atoms with van der Waals surface area (Å²) in [6, 6.07) is 19.4. The van der Waals surface area contributed by atoms with Crippen molar-refractivity contribution in [1.82, 2.24) is 0 Å². The largest absolute Gasteiger partial charge is 0.322 e. The highest BCUT2D eigenvalue weighted by Gasteiger charge is 2.20. The van der Waals surface area contributed by atoms with Gasteiger partial charge in [0, 0.05) is 30.4 Å². The minimum atomic E-state index is -0.152. The van der Waals surface area contributed by atoms with Crippen molar-refractivity contribution < 1.29 is 9.59 Å². The number of benzene rings is 3. The Morgan fingerprint density at radius 3 is 2.58 bits per heavy atom. The standard InChI is InChI=1S/C22H20N2O2/c1-15(25)24-12-4-7-17-10-11-20(14-21(17)24)23-22(26)19-9-8-16-5-2-3-6-18(16)13-19/h2-3,5-6,8-11,13-14H,4,7,12H2,1H3,(H,23,26). The van der Waals surface area contributed by atoms with Crippen LogP contribution in [0.5, 0.6) is 0 Å². The number of fused-ring (bicyclic) bond motifs is 2. The van der Waals surface area contributed by atoms with Crippen LogP contribution in [0.4, 0.5) is 11.4 Å². The lowest BCUT2D eigenvalue weighted by Gasteiger charge is -2.29. The van der Waals surface area contributed by atoms with Gasteiger partial charge in [-0.1, -0.05) is 36.4 Å². The first kappa shape index (κ1) is 16.3. The van der Waals surface area contributed by atoms with E-state index in [0.717, 1.165) is 41.4 Å². The van der Waals surface area contributed by atoms with Gasteiger partial charge in [-0.15, -0.1) is 0 Å². The molecule has 0 aromatic heterocycles. The van der Waals surface area contributed by atoms with Gasteiger partial charge in [-0.2, -0.15) is 0 Å². The summed E-state index contributed by atoms with van der Waals surface area (Å²) in [4.78, 5) is 26.3. The third kappa shape index (κ3) is 3.06. The van der Waals surface area contributed by atoms with E-state index in [1.807, 2.05) is 60.7 Å². The molecular formula is C22H20N2O2. The molecule has 1 aliphatic heterocycles. The Labute approximate surface area is 152 Å². The lowest BCUT2D eigenvalue weighted by atomic mass is 10.0. The van der Waals surface area contributed by atoms with Gasteiger partial charge in [0.2, 0.25) is 5.91 Å². The van der Waals surface area contributed by atoms with E-state index >= 15 is 0 Å². The molecule has 2 amide bonds. The summed E-state index contributed by atoms with van der Waals surface area (Å²) in [5.74, 6) is -0.121. The Kier molecular flexibility index (Phi) is 4.17. The highest BCUT2D eigenvalue weighted by molar-refractivity contribution is 6.07. The molecule has 1 heterocycles.